The van der Waals surface area contributed by atoms with Gasteiger partial charge in [0.1, 0.15) is 0 Å². The number of aromatic carboxylic acids is 1. The molecule has 2 aromatic carbocycles. The number of hydrazone groups is 1. The Balaban J connectivity index is 1.96. The summed E-state index contributed by atoms with van der Waals surface area (Å²) in [5.74, 6) is -1.06. The third kappa shape index (κ3) is 4.32. The van der Waals surface area contributed by atoms with E-state index in [9.17, 15) is 9.59 Å². The predicted molar refractivity (Wildman–Crippen MR) is 84.6 cm³/mol. The quantitative estimate of drug-likeness (QED) is 0.597. The fraction of sp³-hybridized carbons (Fsp3) is 0. The van der Waals surface area contributed by atoms with Gasteiger partial charge in [-0.15, -0.1) is 0 Å². The number of nitrogens with zero attached hydrogens (tertiary/aromatic N) is 1. The molecule has 112 valence electrons. The highest BCUT2D eigenvalue weighted by Gasteiger charge is 2.06. The maximum atomic E-state index is 11.6. The molecule has 2 aromatic rings. The number of benzene rings is 2. The SMILES string of the molecule is O=C(N/N=C\c1ccccc1C(=O)O)Nc1ccc(Cl)cc1. The maximum Gasteiger partial charge on any atom is 0.339 e. The van der Waals surface area contributed by atoms with Gasteiger partial charge in [0.15, 0.2) is 0 Å². The van der Waals surface area contributed by atoms with Crippen molar-refractivity contribution in [3.05, 3.63) is 64.7 Å². The summed E-state index contributed by atoms with van der Waals surface area (Å²) in [6, 6.07) is 12.4. The topological polar surface area (TPSA) is 90.8 Å². The summed E-state index contributed by atoms with van der Waals surface area (Å²) >= 11 is 5.74. The lowest BCUT2D eigenvalue weighted by atomic mass is 10.1. The lowest BCUT2D eigenvalue weighted by molar-refractivity contribution is 0.0696. The first-order valence-electron chi connectivity index (χ1n) is 6.24. The van der Waals surface area contributed by atoms with E-state index in [0.29, 0.717) is 16.3 Å². The molecule has 2 rings (SSSR count). The molecule has 6 nitrogen and oxygen atoms in total. The molecule has 0 aliphatic heterocycles. The zero-order valence-electron chi connectivity index (χ0n) is 11.3. The smallest absolute Gasteiger partial charge is 0.339 e. The zero-order valence-corrected chi connectivity index (χ0v) is 12.0. The van der Waals surface area contributed by atoms with E-state index >= 15 is 0 Å². The number of carboxylic acid groups (broad SMARTS) is 1. The number of carboxylic acids is 1. The Morgan fingerprint density at radius 3 is 2.45 bits per heavy atom. The number of amides is 2. The van der Waals surface area contributed by atoms with E-state index in [1.165, 1.54) is 12.3 Å². The van der Waals surface area contributed by atoms with Gasteiger partial charge in [-0.25, -0.2) is 15.0 Å². The lowest BCUT2D eigenvalue weighted by Crippen LogP contribution is -2.24. The number of carbonyl (C=O) groups is 2. The molecule has 0 atom stereocenters. The van der Waals surface area contributed by atoms with Crippen molar-refractivity contribution in [2.75, 3.05) is 5.32 Å². The molecule has 0 bridgehead atoms. The van der Waals surface area contributed by atoms with E-state index in [1.807, 2.05) is 0 Å². The molecule has 0 heterocycles. The Kier molecular flexibility index (Phi) is 5.11. The Morgan fingerprint density at radius 1 is 1.09 bits per heavy atom. The van der Waals surface area contributed by atoms with E-state index in [1.54, 1.807) is 42.5 Å². The average molecular weight is 318 g/mol. The van der Waals surface area contributed by atoms with Crippen LogP contribution < -0.4 is 10.7 Å². The Hall–Kier alpha value is -2.86. The number of anilines is 1. The van der Waals surface area contributed by atoms with Crippen LogP contribution in [0.2, 0.25) is 5.02 Å². The van der Waals surface area contributed by atoms with Gasteiger partial charge < -0.3 is 10.4 Å². The molecule has 0 radical (unpaired) electrons. The Morgan fingerprint density at radius 2 is 1.77 bits per heavy atom. The van der Waals surface area contributed by atoms with Crippen LogP contribution in [0.3, 0.4) is 0 Å². The van der Waals surface area contributed by atoms with Crippen LogP contribution in [0.1, 0.15) is 15.9 Å². The summed E-state index contributed by atoms with van der Waals surface area (Å²) in [6.45, 7) is 0. The van der Waals surface area contributed by atoms with Crippen LogP contribution >= 0.6 is 11.6 Å². The van der Waals surface area contributed by atoms with Gasteiger partial charge in [0.2, 0.25) is 0 Å². The minimum atomic E-state index is -1.06. The van der Waals surface area contributed by atoms with Gasteiger partial charge in [-0.1, -0.05) is 29.8 Å². The Labute approximate surface area is 131 Å². The van der Waals surface area contributed by atoms with Crippen LogP contribution in [-0.4, -0.2) is 23.3 Å². The van der Waals surface area contributed by atoms with Crippen molar-refractivity contribution < 1.29 is 14.7 Å². The standard InChI is InChI=1S/C15H12ClN3O3/c16-11-5-7-12(8-6-11)18-15(22)19-17-9-10-3-1-2-4-13(10)14(20)21/h1-9H,(H,20,21)(H2,18,19,22)/b17-9-. The fourth-order valence-electron chi connectivity index (χ4n) is 1.66. The number of hydrogen-bond acceptors (Lipinski definition) is 3. The van der Waals surface area contributed by atoms with Crippen molar-refractivity contribution in [3.63, 3.8) is 0 Å². The van der Waals surface area contributed by atoms with Crippen molar-refractivity contribution in [2.24, 2.45) is 5.10 Å². The van der Waals surface area contributed by atoms with E-state index in [-0.39, 0.29) is 5.56 Å². The number of hydrogen-bond donors (Lipinski definition) is 3. The van der Waals surface area contributed by atoms with Crippen LogP contribution in [0.15, 0.2) is 53.6 Å². The van der Waals surface area contributed by atoms with Gasteiger partial charge in [-0.2, -0.15) is 5.10 Å². The van der Waals surface area contributed by atoms with Gasteiger partial charge in [0, 0.05) is 16.3 Å². The first-order valence-corrected chi connectivity index (χ1v) is 6.62. The molecule has 2 amide bonds. The number of halogens is 1. The molecule has 0 aliphatic carbocycles. The van der Waals surface area contributed by atoms with Crippen molar-refractivity contribution in [1.82, 2.24) is 5.43 Å². The molecule has 0 saturated carbocycles. The molecule has 0 saturated heterocycles. The maximum absolute atomic E-state index is 11.6. The van der Waals surface area contributed by atoms with Gasteiger partial charge in [-0.05, 0) is 30.3 Å². The first-order chi connectivity index (χ1) is 10.6. The highest BCUT2D eigenvalue weighted by atomic mass is 35.5. The third-order valence-corrected chi connectivity index (χ3v) is 2.91. The normalized spacial score (nSPS) is 10.4. The lowest BCUT2D eigenvalue weighted by Gasteiger charge is -2.04. The summed E-state index contributed by atoms with van der Waals surface area (Å²) in [5, 5.41) is 15.9. The summed E-state index contributed by atoms with van der Waals surface area (Å²) in [4.78, 5) is 22.6. The van der Waals surface area contributed by atoms with E-state index in [0.717, 1.165) is 0 Å². The largest absolute Gasteiger partial charge is 0.478 e. The fourth-order valence-corrected chi connectivity index (χ4v) is 1.78. The second-order valence-electron chi connectivity index (χ2n) is 4.22. The Bertz CT molecular complexity index is 714. The van der Waals surface area contributed by atoms with Gasteiger partial charge in [0.25, 0.3) is 0 Å². The minimum absolute atomic E-state index is 0.103. The highest BCUT2D eigenvalue weighted by molar-refractivity contribution is 6.30. The molecule has 22 heavy (non-hydrogen) atoms. The van der Waals surface area contributed by atoms with Crippen LogP contribution in [-0.2, 0) is 0 Å². The van der Waals surface area contributed by atoms with Gasteiger partial charge >= 0.3 is 12.0 Å². The molecular formula is C15H12ClN3O3. The van der Waals surface area contributed by atoms with E-state index in [4.69, 9.17) is 16.7 Å². The third-order valence-electron chi connectivity index (χ3n) is 2.66. The molecule has 0 fully saturated rings. The molecule has 7 heteroatoms. The number of rotatable bonds is 4. The average Bonchev–Trinajstić information content (AvgIpc) is 2.50. The summed E-state index contributed by atoms with van der Waals surface area (Å²) in [7, 11) is 0. The number of nitrogens with one attached hydrogen (secondary N) is 2. The second kappa shape index (κ2) is 7.24. The molecule has 0 aromatic heterocycles. The molecule has 0 unspecified atom stereocenters. The van der Waals surface area contributed by atoms with Crippen molar-refractivity contribution in [2.45, 2.75) is 0 Å². The van der Waals surface area contributed by atoms with Gasteiger partial charge in [0.05, 0.1) is 11.8 Å². The van der Waals surface area contributed by atoms with E-state index < -0.39 is 12.0 Å². The second-order valence-corrected chi connectivity index (χ2v) is 4.66. The predicted octanol–water partition coefficient (Wildman–Crippen LogP) is 3.19. The minimum Gasteiger partial charge on any atom is -0.478 e. The summed E-state index contributed by atoms with van der Waals surface area (Å²) in [6.07, 6.45) is 1.27. The van der Waals surface area contributed by atoms with Gasteiger partial charge in [-0.3, -0.25) is 0 Å². The number of carbonyl (C=O) groups excluding carboxylic acids is 1. The first kappa shape index (κ1) is 15.5. The monoisotopic (exact) mass is 317 g/mol. The van der Waals surface area contributed by atoms with E-state index in [2.05, 4.69) is 15.8 Å². The molecule has 0 spiro atoms. The molecule has 3 N–H and O–H groups in total. The van der Waals surface area contributed by atoms with Crippen LogP contribution in [0.4, 0.5) is 10.5 Å². The van der Waals surface area contributed by atoms with Crippen molar-refractivity contribution in [1.29, 1.82) is 0 Å². The number of urea groups is 1. The van der Waals surface area contributed by atoms with Crippen LogP contribution in [0.5, 0.6) is 0 Å². The van der Waals surface area contributed by atoms with Crippen LogP contribution in [0.25, 0.3) is 0 Å². The van der Waals surface area contributed by atoms with Crippen molar-refractivity contribution >= 4 is 35.5 Å². The summed E-state index contributed by atoms with van der Waals surface area (Å²) < 4.78 is 0. The molecular weight excluding hydrogens is 306 g/mol. The zero-order chi connectivity index (χ0) is 15.9. The molecule has 0 aliphatic rings. The highest BCUT2D eigenvalue weighted by Crippen LogP contribution is 2.13. The summed E-state index contributed by atoms with van der Waals surface area (Å²) in [5.41, 5.74) is 3.31. The van der Waals surface area contributed by atoms with Crippen molar-refractivity contribution in [3.8, 4) is 0 Å². The van der Waals surface area contributed by atoms with Crippen LogP contribution in [0, 0.1) is 0 Å².